The number of amides is 1. The number of hydrogen-bond donors (Lipinski definition) is 1. The Balaban J connectivity index is 2.13. The Morgan fingerprint density at radius 3 is 2.44 bits per heavy atom. The van der Waals surface area contributed by atoms with Crippen LogP contribution in [0, 0.1) is 0 Å². The van der Waals surface area contributed by atoms with Gasteiger partial charge >= 0.3 is 5.97 Å². The van der Waals surface area contributed by atoms with Crippen molar-refractivity contribution in [3.8, 4) is 11.5 Å². The van der Waals surface area contributed by atoms with E-state index in [4.69, 9.17) is 14.2 Å². The summed E-state index contributed by atoms with van der Waals surface area (Å²) in [5.41, 5.74) is 1.53. The molecule has 25 heavy (non-hydrogen) atoms. The van der Waals surface area contributed by atoms with Crippen molar-refractivity contribution in [3.63, 3.8) is 0 Å². The predicted octanol–water partition coefficient (Wildman–Crippen LogP) is 2.81. The summed E-state index contributed by atoms with van der Waals surface area (Å²) in [4.78, 5) is 24.2. The molecule has 2 rings (SSSR count). The lowest BCUT2D eigenvalue weighted by Gasteiger charge is -2.12. The van der Waals surface area contributed by atoms with Crippen LogP contribution < -0.4 is 14.8 Å². The number of rotatable bonds is 7. The molecule has 1 N–H and O–H groups in total. The summed E-state index contributed by atoms with van der Waals surface area (Å²) in [6.45, 7) is 2.60. The third kappa shape index (κ3) is 4.50. The topological polar surface area (TPSA) is 73.9 Å². The molecule has 0 heterocycles. The Kier molecular flexibility index (Phi) is 6.39. The van der Waals surface area contributed by atoms with E-state index in [0.29, 0.717) is 29.2 Å². The Bertz CT molecular complexity index is 757. The molecule has 0 unspecified atom stereocenters. The summed E-state index contributed by atoms with van der Waals surface area (Å²) in [5.74, 6) is 0.210. The molecule has 1 amide bonds. The highest BCUT2D eigenvalue weighted by molar-refractivity contribution is 5.97. The lowest BCUT2D eigenvalue weighted by Crippen LogP contribution is -2.23. The first kappa shape index (κ1) is 18.3. The van der Waals surface area contributed by atoms with Crippen molar-refractivity contribution in [2.45, 2.75) is 13.5 Å². The van der Waals surface area contributed by atoms with E-state index in [-0.39, 0.29) is 12.5 Å². The van der Waals surface area contributed by atoms with Crippen LogP contribution >= 0.6 is 0 Å². The average Bonchev–Trinajstić information content (AvgIpc) is 2.66. The largest absolute Gasteiger partial charge is 0.496 e. The maximum Gasteiger partial charge on any atom is 0.341 e. The number of carbonyl (C=O) groups excluding carboxylic acids is 2. The number of nitrogens with one attached hydrogen (secondary N) is 1. The second-order valence-corrected chi connectivity index (χ2v) is 5.14. The van der Waals surface area contributed by atoms with E-state index in [1.54, 1.807) is 36.4 Å². The zero-order valence-electron chi connectivity index (χ0n) is 14.5. The fraction of sp³-hybridized carbons (Fsp3) is 0.263. The highest BCUT2D eigenvalue weighted by Gasteiger charge is 2.15. The summed E-state index contributed by atoms with van der Waals surface area (Å²) in [6.07, 6.45) is 0. The van der Waals surface area contributed by atoms with Gasteiger partial charge in [-0.3, -0.25) is 4.79 Å². The summed E-state index contributed by atoms with van der Waals surface area (Å²) in [7, 11) is 2.79. The van der Waals surface area contributed by atoms with Crippen molar-refractivity contribution >= 4 is 11.9 Å². The second kappa shape index (κ2) is 8.73. The van der Waals surface area contributed by atoms with Gasteiger partial charge in [0, 0.05) is 6.54 Å². The Morgan fingerprint density at radius 2 is 1.76 bits per heavy atom. The van der Waals surface area contributed by atoms with Crippen LogP contribution in [0.25, 0.3) is 0 Å². The highest BCUT2D eigenvalue weighted by Crippen LogP contribution is 2.21. The Hall–Kier alpha value is -3.02. The first-order valence-corrected chi connectivity index (χ1v) is 7.86. The molecule has 0 aliphatic rings. The van der Waals surface area contributed by atoms with Crippen LogP contribution in [0.1, 0.15) is 33.2 Å². The minimum atomic E-state index is -0.494. The minimum absolute atomic E-state index is 0.250. The van der Waals surface area contributed by atoms with Crippen molar-refractivity contribution in [1.82, 2.24) is 5.32 Å². The van der Waals surface area contributed by atoms with E-state index < -0.39 is 5.97 Å². The van der Waals surface area contributed by atoms with Crippen LogP contribution in [0.5, 0.6) is 11.5 Å². The van der Waals surface area contributed by atoms with Crippen molar-refractivity contribution in [1.29, 1.82) is 0 Å². The molecule has 2 aromatic carbocycles. The summed E-state index contributed by atoms with van der Waals surface area (Å²) in [6, 6.07) is 12.1. The van der Waals surface area contributed by atoms with E-state index in [2.05, 4.69) is 5.32 Å². The van der Waals surface area contributed by atoms with Gasteiger partial charge in [-0.1, -0.05) is 18.2 Å². The van der Waals surface area contributed by atoms with E-state index >= 15 is 0 Å². The maximum absolute atomic E-state index is 12.4. The van der Waals surface area contributed by atoms with E-state index in [9.17, 15) is 9.59 Å². The molecule has 0 fully saturated rings. The monoisotopic (exact) mass is 343 g/mol. The van der Waals surface area contributed by atoms with Crippen molar-refractivity contribution in [2.75, 3.05) is 20.8 Å². The number of benzene rings is 2. The lowest BCUT2D eigenvalue weighted by atomic mass is 10.1. The molecule has 0 aliphatic heterocycles. The van der Waals surface area contributed by atoms with Crippen LogP contribution in [-0.2, 0) is 11.3 Å². The predicted molar refractivity (Wildman–Crippen MR) is 93.1 cm³/mol. The van der Waals surface area contributed by atoms with Crippen LogP contribution in [-0.4, -0.2) is 32.7 Å². The molecule has 0 saturated heterocycles. The third-order valence-corrected chi connectivity index (χ3v) is 3.55. The van der Waals surface area contributed by atoms with Crippen LogP contribution in [0.4, 0.5) is 0 Å². The van der Waals surface area contributed by atoms with Crippen molar-refractivity contribution < 1.29 is 23.8 Å². The molecule has 0 spiro atoms. The quantitative estimate of drug-likeness (QED) is 0.783. The molecule has 6 heteroatoms. The first-order valence-electron chi connectivity index (χ1n) is 7.86. The van der Waals surface area contributed by atoms with Gasteiger partial charge in [0.25, 0.3) is 5.91 Å². The van der Waals surface area contributed by atoms with Crippen LogP contribution in [0.3, 0.4) is 0 Å². The summed E-state index contributed by atoms with van der Waals surface area (Å²) < 4.78 is 15.4. The standard InChI is InChI=1S/C19H21NO5/c1-4-25-17-8-6-5-7-14(17)18(21)20-12-13-9-10-16(23-2)15(11-13)19(22)24-3/h5-11H,4,12H2,1-3H3,(H,20,21). The molecule has 0 aromatic heterocycles. The number of esters is 1. The zero-order valence-corrected chi connectivity index (χ0v) is 14.5. The highest BCUT2D eigenvalue weighted by atomic mass is 16.5. The zero-order chi connectivity index (χ0) is 18.2. The van der Waals surface area contributed by atoms with Crippen molar-refractivity contribution in [3.05, 3.63) is 59.2 Å². The molecule has 0 atom stereocenters. The molecule has 0 aliphatic carbocycles. The number of para-hydroxylation sites is 1. The van der Waals surface area contributed by atoms with E-state index in [1.165, 1.54) is 14.2 Å². The number of hydrogen-bond acceptors (Lipinski definition) is 5. The number of ether oxygens (including phenoxy) is 3. The van der Waals surface area contributed by atoms with Gasteiger partial charge in [0.1, 0.15) is 17.1 Å². The fourth-order valence-corrected chi connectivity index (χ4v) is 2.35. The minimum Gasteiger partial charge on any atom is -0.496 e. The SMILES string of the molecule is CCOc1ccccc1C(=O)NCc1ccc(OC)c(C(=O)OC)c1. The molecule has 2 aromatic rings. The summed E-state index contributed by atoms with van der Waals surface area (Å²) >= 11 is 0. The Morgan fingerprint density at radius 1 is 1.00 bits per heavy atom. The van der Waals surface area contributed by atoms with Gasteiger partial charge < -0.3 is 19.5 Å². The molecule has 6 nitrogen and oxygen atoms in total. The van der Waals surface area contributed by atoms with Gasteiger partial charge in [-0.2, -0.15) is 0 Å². The van der Waals surface area contributed by atoms with Crippen LogP contribution in [0.15, 0.2) is 42.5 Å². The van der Waals surface area contributed by atoms with Gasteiger partial charge in [0.2, 0.25) is 0 Å². The average molecular weight is 343 g/mol. The summed E-state index contributed by atoms with van der Waals surface area (Å²) in [5, 5.41) is 2.82. The Labute approximate surface area is 146 Å². The van der Waals surface area contributed by atoms with Gasteiger partial charge in [0.15, 0.2) is 0 Å². The molecular weight excluding hydrogens is 322 g/mol. The van der Waals surface area contributed by atoms with Crippen LogP contribution in [0.2, 0.25) is 0 Å². The molecule has 0 bridgehead atoms. The van der Waals surface area contributed by atoms with Gasteiger partial charge in [0.05, 0.1) is 26.4 Å². The molecule has 0 saturated carbocycles. The van der Waals surface area contributed by atoms with Gasteiger partial charge in [-0.25, -0.2) is 4.79 Å². The third-order valence-electron chi connectivity index (χ3n) is 3.55. The molecular formula is C19H21NO5. The number of carbonyl (C=O) groups is 2. The normalized spacial score (nSPS) is 10.0. The first-order chi connectivity index (χ1) is 12.1. The van der Waals surface area contributed by atoms with Gasteiger partial charge in [-0.05, 0) is 36.8 Å². The smallest absolute Gasteiger partial charge is 0.341 e. The van der Waals surface area contributed by atoms with Gasteiger partial charge in [-0.15, -0.1) is 0 Å². The molecule has 0 radical (unpaired) electrons. The number of methoxy groups -OCH3 is 2. The molecule has 132 valence electrons. The van der Waals surface area contributed by atoms with E-state index in [1.807, 2.05) is 13.0 Å². The second-order valence-electron chi connectivity index (χ2n) is 5.14. The van der Waals surface area contributed by atoms with E-state index in [0.717, 1.165) is 5.56 Å². The fourth-order valence-electron chi connectivity index (χ4n) is 2.35. The maximum atomic E-state index is 12.4. The van der Waals surface area contributed by atoms with Crippen molar-refractivity contribution in [2.24, 2.45) is 0 Å². The lowest BCUT2D eigenvalue weighted by molar-refractivity contribution is 0.0597.